The second kappa shape index (κ2) is 6.92. The number of rotatable bonds is 5. The third-order valence-electron chi connectivity index (χ3n) is 4.29. The average Bonchev–Trinajstić information content (AvgIpc) is 3.13. The van der Waals surface area contributed by atoms with Crippen LogP contribution in [0.1, 0.15) is 34.8 Å². The van der Waals surface area contributed by atoms with Gasteiger partial charge in [-0.05, 0) is 45.4 Å². The van der Waals surface area contributed by atoms with Gasteiger partial charge in [-0.2, -0.15) is 5.10 Å². The lowest BCUT2D eigenvalue weighted by molar-refractivity contribution is -0.138. The number of carbonyl (C=O) groups excluding carboxylic acids is 1. The van der Waals surface area contributed by atoms with Crippen LogP contribution >= 0.6 is 11.3 Å². The van der Waals surface area contributed by atoms with E-state index in [4.69, 9.17) is 5.11 Å². The van der Waals surface area contributed by atoms with Gasteiger partial charge in [0.05, 0.1) is 16.3 Å². The number of fused-ring (bicyclic) bond motifs is 1. The predicted molar refractivity (Wildman–Crippen MR) is 102 cm³/mol. The van der Waals surface area contributed by atoms with E-state index >= 15 is 0 Å². The standard InChI is InChI=1S/C19H21N3O3S/c1-11(2)21(10-17(23)24)18(25)16-9-14-13(4)20-22(19(14)26-16)15-8-6-5-7-12(15)3/h5-9,11H,10H2,1-4H3,(H,23,24). The van der Waals surface area contributed by atoms with Crippen LogP contribution in [0.3, 0.4) is 0 Å². The molecule has 26 heavy (non-hydrogen) atoms. The third-order valence-corrected chi connectivity index (χ3v) is 5.39. The minimum absolute atomic E-state index is 0.197. The molecule has 0 atom stereocenters. The number of carboxylic acids is 1. The summed E-state index contributed by atoms with van der Waals surface area (Å²) in [4.78, 5) is 26.7. The van der Waals surface area contributed by atoms with E-state index < -0.39 is 5.97 Å². The number of carbonyl (C=O) groups is 2. The van der Waals surface area contributed by atoms with Gasteiger partial charge in [-0.3, -0.25) is 9.59 Å². The van der Waals surface area contributed by atoms with Crippen molar-refractivity contribution in [2.45, 2.75) is 33.7 Å². The maximum absolute atomic E-state index is 12.9. The zero-order valence-corrected chi connectivity index (χ0v) is 16.0. The first-order valence-corrected chi connectivity index (χ1v) is 9.19. The van der Waals surface area contributed by atoms with Gasteiger partial charge in [0.25, 0.3) is 5.91 Å². The maximum Gasteiger partial charge on any atom is 0.323 e. The quantitative estimate of drug-likeness (QED) is 0.743. The minimum atomic E-state index is -1.02. The average molecular weight is 371 g/mol. The summed E-state index contributed by atoms with van der Waals surface area (Å²) in [5.74, 6) is -1.28. The second-order valence-electron chi connectivity index (χ2n) is 6.53. The number of para-hydroxylation sites is 1. The lowest BCUT2D eigenvalue weighted by Gasteiger charge is -2.24. The second-order valence-corrected chi connectivity index (χ2v) is 7.56. The Hall–Kier alpha value is -2.67. The zero-order valence-electron chi connectivity index (χ0n) is 15.2. The summed E-state index contributed by atoms with van der Waals surface area (Å²) in [6.07, 6.45) is 0. The zero-order chi connectivity index (χ0) is 19.0. The summed E-state index contributed by atoms with van der Waals surface area (Å²) >= 11 is 1.35. The fraction of sp³-hybridized carbons (Fsp3) is 0.316. The van der Waals surface area contributed by atoms with E-state index in [1.807, 2.05) is 62.7 Å². The van der Waals surface area contributed by atoms with E-state index in [1.54, 1.807) is 0 Å². The Balaban J connectivity index is 2.07. The predicted octanol–water partition coefficient (Wildman–Crippen LogP) is 3.64. The normalized spacial score (nSPS) is 11.3. The van der Waals surface area contributed by atoms with Crippen molar-refractivity contribution in [1.29, 1.82) is 0 Å². The summed E-state index contributed by atoms with van der Waals surface area (Å²) in [6, 6.07) is 9.56. The number of nitrogens with zero attached hydrogens (tertiary/aromatic N) is 3. The molecular formula is C19H21N3O3S. The molecule has 0 bridgehead atoms. The SMILES string of the molecule is Cc1ccccc1-n1nc(C)c2cc(C(=O)N(CC(=O)O)C(C)C)sc21. The lowest BCUT2D eigenvalue weighted by Crippen LogP contribution is -2.40. The molecule has 2 heterocycles. The van der Waals surface area contributed by atoms with Crippen LogP contribution in [-0.2, 0) is 4.79 Å². The highest BCUT2D eigenvalue weighted by molar-refractivity contribution is 7.20. The molecule has 3 aromatic rings. The van der Waals surface area contributed by atoms with Gasteiger partial charge in [0.1, 0.15) is 11.4 Å². The fourth-order valence-electron chi connectivity index (χ4n) is 2.89. The molecule has 136 valence electrons. The molecule has 1 N–H and O–H groups in total. The third kappa shape index (κ3) is 3.22. The van der Waals surface area contributed by atoms with E-state index in [9.17, 15) is 9.59 Å². The number of amides is 1. The van der Waals surface area contributed by atoms with Gasteiger partial charge in [-0.15, -0.1) is 11.3 Å². The molecule has 0 aliphatic heterocycles. The van der Waals surface area contributed by atoms with Crippen LogP contribution in [-0.4, -0.2) is 44.3 Å². The van der Waals surface area contributed by atoms with Crippen LogP contribution in [0.15, 0.2) is 30.3 Å². The molecule has 1 aromatic carbocycles. The van der Waals surface area contributed by atoms with Crippen molar-refractivity contribution in [2.75, 3.05) is 6.54 Å². The Morgan fingerprint density at radius 1 is 1.27 bits per heavy atom. The number of aryl methyl sites for hydroxylation is 2. The van der Waals surface area contributed by atoms with Crippen molar-refractivity contribution in [3.63, 3.8) is 0 Å². The van der Waals surface area contributed by atoms with Crippen molar-refractivity contribution in [2.24, 2.45) is 0 Å². The smallest absolute Gasteiger partial charge is 0.323 e. The molecule has 2 aromatic heterocycles. The molecule has 6 nitrogen and oxygen atoms in total. The topological polar surface area (TPSA) is 75.4 Å². The van der Waals surface area contributed by atoms with Crippen molar-refractivity contribution in [3.05, 3.63) is 46.5 Å². The largest absolute Gasteiger partial charge is 0.480 e. The van der Waals surface area contributed by atoms with E-state index in [0.717, 1.165) is 27.2 Å². The van der Waals surface area contributed by atoms with Crippen LogP contribution in [0.2, 0.25) is 0 Å². The fourth-order valence-corrected chi connectivity index (χ4v) is 4.02. The Morgan fingerprint density at radius 3 is 2.58 bits per heavy atom. The molecule has 0 spiro atoms. The summed E-state index contributed by atoms with van der Waals surface area (Å²) < 4.78 is 1.86. The number of thiophene rings is 1. The molecule has 7 heteroatoms. The van der Waals surface area contributed by atoms with Crippen molar-refractivity contribution in [3.8, 4) is 5.69 Å². The van der Waals surface area contributed by atoms with Crippen molar-refractivity contribution < 1.29 is 14.7 Å². The van der Waals surface area contributed by atoms with Crippen molar-refractivity contribution in [1.82, 2.24) is 14.7 Å². The maximum atomic E-state index is 12.9. The molecule has 3 rings (SSSR count). The number of hydrogen-bond acceptors (Lipinski definition) is 4. The highest BCUT2D eigenvalue weighted by atomic mass is 32.1. The first-order chi connectivity index (χ1) is 12.3. The van der Waals surface area contributed by atoms with Crippen molar-refractivity contribution >= 4 is 33.4 Å². The number of hydrogen-bond donors (Lipinski definition) is 1. The molecule has 0 saturated carbocycles. The first-order valence-electron chi connectivity index (χ1n) is 8.37. The van der Waals surface area contributed by atoms with Gasteiger partial charge in [-0.1, -0.05) is 18.2 Å². The Kier molecular flexibility index (Phi) is 4.82. The molecule has 0 saturated heterocycles. The highest BCUT2D eigenvalue weighted by Crippen LogP contribution is 2.32. The highest BCUT2D eigenvalue weighted by Gasteiger charge is 2.25. The van der Waals surface area contributed by atoms with E-state index in [-0.39, 0.29) is 18.5 Å². The minimum Gasteiger partial charge on any atom is -0.480 e. The summed E-state index contributed by atoms with van der Waals surface area (Å²) in [6.45, 7) is 7.25. The van der Waals surface area contributed by atoms with Gasteiger partial charge < -0.3 is 10.0 Å². The van der Waals surface area contributed by atoms with E-state index in [0.29, 0.717) is 4.88 Å². The lowest BCUT2D eigenvalue weighted by atomic mass is 10.2. The molecule has 0 aliphatic carbocycles. The number of carboxylic acid groups (broad SMARTS) is 1. The number of benzene rings is 1. The molecule has 0 fully saturated rings. The monoisotopic (exact) mass is 371 g/mol. The number of aliphatic carboxylic acids is 1. The Bertz CT molecular complexity index is 987. The molecule has 0 aliphatic rings. The molecular weight excluding hydrogens is 350 g/mol. The van der Waals surface area contributed by atoms with Gasteiger partial charge >= 0.3 is 5.97 Å². The van der Waals surface area contributed by atoms with Crippen LogP contribution in [0, 0.1) is 13.8 Å². The summed E-state index contributed by atoms with van der Waals surface area (Å²) in [7, 11) is 0. The van der Waals surface area contributed by atoms with E-state index in [2.05, 4.69) is 5.10 Å². The first kappa shape index (κ1) is 18.1. The molecule has 0 radical (unpaired) electrons. The van der Waals surface area contributed by atoms with Gasteiger partial charge in [0, 0.05) is 11.4 Å². The van der Waals surface area contributed by atoms with Gasteiger partial charge in [-0.25, -0.2) is 4.68 Å². The number of aromatic nitrogens is 2. The Morgan fingerprint density at radius 2 is 1.96 bits per heavy atom. The van der Waals surface area contributed by atoms with Crippen LogP contribution in [0.25, 0.3) is 15.9 Å². The molecule has 1 amide bonds. The summed E-state index contributed by atoms with van der Waals surface area (Å²) in [5, 5.41) is 14.6. The van der Waals surface area contributed by atoms with Gasteiger partial charge in [0.2, 0.25) is 0 Å². The van der Waals surface area contributed by atoms with Crippen LogP contribution in [0.5, 0.6) is 0 Å². The van der Waals surface area contributed by atoms with Crippen LogP contribution < -0.4 is 0 Å². The van der Waals surface area contributed by atoms with E-state index in [1.165, 1.54) is 16.2 Å². The van der Waals surface area contributed by atoms with Gasteiger partial charge in [0.15, 0.2) is 0 Å². The Labute approximate surface area is 155 Å². The summed E-state index contributed by atoms with van der Waals surface area (Å²) in [5.41, 5.74) is 2.90. The van der Waals surface area contributed by atoms with Crippen LogP contribution in [0.4, 0.5) is 0 Å². The molecule has 0 unspecified atom stereocenters.